The minimum absolute atomic E-state index is 0. The van der Waals surface area contributed by atoms with Crippen LogP contribution in [0.15, 0.2) is 35.3 Å². The maximum Gasteiger partial charge on any atom is 0.241 e. The lowest BCUT2D eigenvalue weighted by molar-refractivity contribution is -0.119. The average molecular weight is 434 g/mol. The molecule has 1 aromatic carbocycles. The van der Waals surface area contributed by atoms with Crippen LogP contribution in [0.25, 0.3) is 0 Å². The Labute approximate surface area is 155 Å². The first kappa shape index (κ1) is 21.6. The SMILES string of the molecule is CCNC(=NCC(=O)NCCOC)N(C)Cc1ccccc1.I. The third kappa shape index (κ3) is 9.39. The molecule has 0 atom stereocenters. The molecule has 0 saturated carbocycles. The smallest absolute Gasteiger partial charge is 0.241 e. The van der Waals surface area contributed by atoms with Gasteiger partial charge in [0.25, 0.3) is 0 Å². The number of ether oxygens (including phenoxy) is 1. The molecule has 6 nitrogen and oxygen atoms in total. The van der Waals surface area contributed by atoms with Crippen molar-refractivity contribution in [1.82, 2.24) is 15.5 Å². The van der Waals surface area contributed by atoms with E-state index in [0.717, 1.165) is 13.1 Å². The quantitative estimate of drug-likeness (QED) is 0.282. The van der Waals surface area contributed by atoms with Gasteiger partial charge in [-0.25, -0.2) is 4.99 Å². The molecule has 2 N–H and O–H groups in total. The lowest BCUT2D eigenvalue weighted by atomic mass is 10.2. The van der Waals surface area contributed by atoms with Crippen LogP contribution < -0.4 is 10.6 Å². The predicted octanol–water partition coefficient (Wildman–Crippen LogP) is 1.46. The fourth-order valence-corrected chi connectivity index (χ4v) is 1.90. The number of amides is 1. The molecular formula is C16H27IN4O2. The third-order valence-electron chi connectivity index (χ3n) is 2.96. The van der Waals surface area contributed by atoms with Crippen LogP contribution in [0.5, 0.6) is 0 Å². The molecule has 0 aliphatic carbocycles. The fraction of sp³-hybridized carbons (Fsp3) is 0.500. The zero-order valence-corrected chi connectivity index (χ0v) is 16.4. The molecule has 0 aliphatic rings. The van der Waals surface area contributed by atoms with Gasteiger partial charge in [-0.15, -0.1) is 24.0 Å². The second kappa shape index (κ2) is 13.1. The number of hydrogen-bond donors (Lipinski definition) is 2. The van der Waals surface area contributed by atoms with Gasteiger partial charge in [-0.3, -0.25) is 4.79 Å². The van der Waals surface area contributed by atoms with Gasteiger partial charge in [0, 0.05) is 33.8 Å². The summed E-state index contributed by atoms with van der Waals surface area (Å²) in [6.45, 7) is 4.60. The molecule has 0 bridgehead atoms. The summed E-state index contributed by atoms with van der Waals surface area (Å²) in [7, 11) is 3.56. The van der Waals surface area contributed by atoms with E-state index in [2.05, 4.69) is 27.8 Å². The van der Waals surface area contributed by atoms with E-state index in [1.54, 1.807) is 7.11 Å². The van der Waals surface area contributed by atoms with Gasteiger partial charge < -0.3 is 20.3 Å². The van der Waals surface area contributed by atoms with Crippen molar-refractivity contribution in [1.29, 1.82) is 0 Å². The van der Waals surface area contributed by atoms with E-state index in [1.165, 1.54) is 5.56 Å². The number of hydrogen-bond acceptors (Lipinski definition) is 3. The lowest BCUT2D eigenvalue weighted by Crippen LogP contribution is -2.39. The van der Waals surface area contributed by atoms with Gasteiger partial charge in [0.1, 0.15) is 6.54 Å². The van der Waals surface area contributed by atoms with E-state index >= 15 is 0 Å². The Morgan fingerprint density at radius 1 is 1.26 bits per heavy atom. The maximum atomic E-state index is 11.7. The van der Waals surface area contributed by atoms with E-state index < -0.39 is 0 Å². The molecule has 0 spiro atoms. The van der Waals surface area contributed by atoms with Crippen molar-refractivity contribution in [3.8, 4) is 0 Å². The summed E-state index contributed by atoms with van der Waals surface area (Å²) >= 11 is 0. The largest absolute Gasteiger partial charge is 0.383 e. The van der Waals surface area contributed by atoms with Gasteiger partial charge in [-0.05, 0) is 12.5 Å². The Morgan fingerprint density at radius 3 is 2.57 bits per heavy atom. The molecule has 0 aliphatic heterocycles. The number of rotatable bonds is 8. The van der Waals surface area contributed by atoms with E-state index in [9.17, 15) is 4.79 Å². The first-order valence-electron chi connectivity index (χ1n) is 7.46. The summed E-state index contributed by atoms with van der Waals surface area (Å²) in [4.78, 5) is 18.1. The second-order valence-corrected chi connectivity index (χ2v) is 4.85. The highest BCUT2D eigenvalue weighted by Gasteiger charge is 2.07. The number of benzene rings is 1. The molecule has 1 rings (SSSR count). The van der Waals surface area contributed by atoms with E-state index in [4.69, 9.17) is 4.74 Å². The number of nitrogens with zero attached hydrogens (tertiary/aromatic N) is 2. The number of carbonyl (C=O) groups excluding carboxylic acids is 1. The molecule has 0 fully saturated rings. The van der Waals surface area contributed by atoms with Crippen molar-refractivity contribution in [2.45, 2.75) is 13.5 Å². The van der Waals surface area contributed by atoms with Crippen LogP contribution in [0.1, 0.15) is 12.5 Å². The number of methoxy groups -OCH3 is 1. The summed E-state index contributed by atoms with van der Waals surface area (Å²) in [6, 6.07) is 10.1. The molecule has 7 heteroatoms. The standard InChI is InChI=1S/C16H26N4O2.HI/c1-4-17-16(19-12-15(21)18-10-11-22-3)20(2)13-14-8-6-5-7-9-14;/h5-9H,4,10-13H2,1-3H3,(H,17,19)(H,18,21);1H. The Balaban J connectivity index is 0.00000484. The molecule has 1 amide bonds. The van der Waals surface area contributed by atoms with Gasteiger partial charge in [-0.2, -0.15) is 0 Å². The highest BCUT2D eigenvalue weighted by molar-refractivity contribution is 14.0. The van der Waals surface area contributed by atoms with Crippen LogP contribution in [0, 0.1) is 0 Å². The number of nitrogens with one attached hydrogen (secondary N) is 2. The van der Waals surface area contributed by atoms with Crippen LogP contribution in [0.3, 0.4) is 0 Å². The predicted molar refractivity (Wildman–Crippen MR) is 104 cm³/mol. The Hall–Kier alpha value is -1.35. The van der Waals surface area contributed by atoms with Crippen molar-refractivity contribution >= 4 is 35.8 Å². The molecule has 23 heavy (non-hydrogen) atoms. The van der Waals surface area contributed by atoms with E-state index in [0.29, 0.717) is 19.1 Å². The van der Waals surface area contributed by atoms with Gasteiger partial charge in [-0.1, -0.05) is 30.3 Å². The van der Waals surface area contributed by atoms with Crippen molar-refractivity contribution in [3.05, 3.63) is 35.9 Å². The zero-order chi connectivity index (χ0) is 16.2. The summed E-state index contributed by atoms with van der Waals surface area (Å²) in [5.41, 5.74) is 1.19. The second-order valence-electron chi connectivity index (χ2n) is 4.85. The van der Waals surface area contributed by atoms with Crippen molar-refractivity contribution in [2.24, 2.45) is 4.99 Å². The Morgan fingerprint density at radius 2 is 1.96 bits per heavy atom. The topological polar surface area (TPSA) is 66.0 Å². The summed E-state index contributed by atoms with van der Waals surface area (Å²) in [5.74, 6) is 0.605. The maximum absolute atomic E-state index is 11.7. The summed E-state index contributed by atoms with van der Waals surface area (Å²) < 4.78 is 4.89. The first-order chi connectivity index (χ1) is 10.7. The zero-order valence-electron chi connectivity index (χ0n) is 14.0. The van der Waals surface area contributed by atoms with Crippen molar-refractivity contribution in [3.63, 3.8) is 0 Å². The highest BCUT2D eigenvalue weighted by Crippen LogP contribution is 2.02. The van der Waals surface area contributed by atoms with Crippen LogP contribution in [0.4, 0.5) is 0 Å². The Bertz CT molecular complexity index is 468. The minimum atomic E-state index is -0.111. The van der Waals surface area contributed by atoms with Crippen molar-refractivity contribution < 1.29 is 9.53 Å². The molecule has 0 radical (unpaired) electrons. The monoisotopic (exact) mass is 434 g/mol. The average Bonchev–Trinajstić information content (AvgIpc) is 2.52. The third-order valence-corrected chi connectivity index (χ3v) is 2.96. The lowest BCUT2D eigenvalue weighted by Gasteiger charge is -2.22. The number of halogens is 1. The number of guanidine groups is 1. The Kier molecular flexibility index (Phi) is 12.4. The molecule has 0 unspecified atom stereocenters. The normalized spacial score (nSPS) is 10.7. The van der Waals surface area contributed by atoms with E-state index in [-0.39, 0.29) is 36.4 Å². The van der Waals surface area contributed by atoms with E-state index in [1.807, 2.05) is 37.1 Å². The summed E-state index contributed by atoms with van der Waals surface area (Å²) in [6.07, 6.45) is 0. The molecule has 130 valence electrons. The number of aliphatic imine (C=N–C) groups is 1. The van der Waals surface area contributed by atoms with Crippen LogP contribution in [-0.4, -0.2) is 57.2 Å². The molecule has 0 heterocycles. The first-order valence-corrected chi connectivity index (χ1v) is 7.46. The molecule has 0 aromatic heterocycles. The van der Waals surface area contributed by atoms with Gasteiger partial charge in [0.05, 0.1) is 6.61 Å². The van der Waals surface area contributed by atoms with Gasteiger partial charge in [0.2, 0.25) is 5.91 Å². The summed E-state index contributed by atoms with van der Waals surface area (Å²) in [5, 5.41) is 5.95. The molecule has 1 aromatic rings. The van der Waals surface area contributed by atoms with Gasteiger partial charge in [0.15, 0.2) is 5.96 Å². The molecular weight excluding hydrogens is 407 g/mol. The van der Waals surface area contributed by atoms with Crippen LogP contribution in [-0.2, 0) is 16.1 Å². The van der Waals surface area contributed by atoms with Crippen LogP contribution in [0.2, 0.25) is 0 Å². The van der Waals surface area contributed by atoms with Gasteiger partial charge >= 0.3 is 0 Å². The van der Waals surface area contributed by atoms with Crippen molar-refractivity contribution in [2.75, 3.05) is 40.4 Å². The van der Waals surface area contributed by atoms with Crippen LogP contribution >= 0.6 is 24.0 Å². The number of carbonyl (C=O) groups is 1. The fourth-order valence-electron chi connectivity index (χ4n) is 1.90. The highest BCUT2D eigenvalue weighted by atomic mass is 127. The minimum Gasteiger partial charge on any atom is -0.383 e. The molecule has 0 saturated heterocycles.